The van der Waals surface area contributed by atoms with E-state index in [1.165, 1.54) is 19.3 Å². The zero-order valence-electron chi connectivity index (χ0n) is 12.1. The van der Waals surface area contributed by atoms with Crippen LogP contribution >= 0.6 is 11.3 Å². The molecule has 1 aromatic rings. The van der Waals surface area contributed by atoms with Crippen LogP contribution in [-0.2, 0) is 4.79 Å². The Balaban J connectivity index is 1.76. The summed E-state index contributed by atoms with van der Waals surface area (Å²) >= 11 is 1.58. The van der Waals surface area contributed by atoms with Gasteiger partial charge in [-0.05, 0) is 42.5 Å². The van der Waals surface area contributed by atoms with Crippen molar-refractivity contribution in [2.75, 3.05) is 6.54 Å². The molecular formula is C16H24N2OS. The van der Waals surface area contributed by atoms with Crippen molar-refractivity contribution in [3.63, 3.8) is 0 Å². The lowest BCUT2D eigenvalue weighted by Gasteiger charge is -2.47. The highest BCUT2D eigenvalue weighted by Gasteiger charge is 2.40. The highest BCUT2D eigenvalue weighted by atomic mass is 32.1. The van der Waals surface area contributed by atoms with E-state index >= 15 is 0 Å². The summed E-state index contributed by atoms with van der Waals surface area (Å²) in [4.78, 5) is 15.9. The maximum atomic E-state index is 12.8. The zero-order valence-corrected chi connectivity index (χ0v) is 12.9. The van der Waals surface area contributed by atoms with Crippen LogP contribution in [0.4, 0.5) is 0 Å². The Morgan fingerprint density at radius 3 is 2.95 bits per heavy atom. The molecule has 1 saturated carbocycles. The van der Waals surface area contributed by atoms with Gasteiger partial charge in [0, 0.05) is 17.5 Å². The van der Waals surface area contributed by atoms with E-state index in [2.05, 4.69) is 11.8 Å². The van der Waals surface area contributed by atoms with Crippen LogP contribution in [0.3, 0.4) is 0 Å². The van der Waals surface area contributed by atoms with E-state index in [-0.39, 0.29) is 5.91 Å². The smallest absolute Gasteiger partial charge is 0.245 e. The number of piperidine rings is 1. The second kappa shape index (κ2) is 5.86. The molecule has 4 heteroatoms. The summed E-state index contributed by atoms with van der Waals surface area (Å²) < 4.78 is 0. The molecule has 20 heavy (non-hydrogen) atoms. The van der Waals surface area contributed by atoms with Gasteiger partial charge in [-0.15, -0.1) is 11.3 Å². The first-order chi connectivity index (χ1) is 9.68. The number of rotatable bonds is 2. The van der Waals surface area contributed by atoms with Crippen molar-refractivity contribution in [2.24, 2.45) is 17.6 Å². The molecule has 2 N–H and O–H groups in total. The van der Waals surface area contributed by atoms with Gasteiger partial charge in [0.15, 0.2) is 0 Å². The Bertz CT molecular complexity index is 459. The van der Waals surface area contributed by atoms with Crippen LogP contribution in [0.1, 0.15) is 49.9 Å². The van der Waals surface area contributed by atoms with Crippen LogP contribution in [0.15, 0.2) is 17.5 Å². The fourth-order valence-corrected chi connectivity index (χ4v) is 4.67. The largest absolute Gasteiger partial charge is 0.338 e. The van der Waals surface area contributed by atoms with Gasteiger partial charge in [-0.3, -0.25) is 4.79 Å². The third-order valence-electron chi connectivity index (χ3n) is 5.14. The molecule has 2 aliphatic rings. The van der Waals surface area contributed by atoms with Crippen molar-refractivity contribution < 1.29 is 4.79 Å². The van der Waals surface area contributed by atoms with Gasteiger partial charge in [-0.2, -0.15) is 0 Å². The zero-order chi connectivity index (χ0) is 14.1. The number of carbonyl (C=O) groups is 1. The molecule has 4 unspecified atom stereocenters. The van der Waals surface area contributed by atoms with Crippen LogP contribution in [0.25, 0.3) is 0 Å². The Morgan fingerprint density at radius 2 is 2.20 bits per heavy atom. The van der Waals surface area contributed by atoms with Gasteiger partial charge in [0.25, 0.3) is 0 Å². The fraction of sp³-hybridized carbons (Fsp3) is 0.688. The van der Waals surface area contributed by atoms with E-state index in [4.69, 9.17) is 5.73 Å². The van der Waals surface area contributed by atoms with E-state index in [9.17, 15) is 4.79 Å². The van der Waals surface area contributed by atoms with E-state index < -0.39 is 6.04 Å². The molecule has 2 fully saturated rings. The summed E-state index contributed by atoms with van der Waals surface area (Å²) in [7, 11) is 0. The number of fused-ring (bicyclic) bond motifs is 1. The molecule has 1 aromatic heterocycles. The third kappa shape index (κ3) is 2.51. The summed E-state index contributed by atoms with van der Waals surface area (Å²) in [6.07, 6.45) is 6.16. The highest BCUT2D eigenvalue weighted by Crippen LogP contribution is 2.39. The summed E-state index contributed by atoms with van der Waals surface area (Å²) in [5, 5.41) is 1.99. The molecule has 0 bridgehead atoms. The van der Waals surface area contributed by atoms with Crippen LogP contribution in [-0.4, -0.2) is 23.4 Å². The van der Waals surface area contributed by atoms with Crippen molar-refractivity contribution in [3.8, 4) is 0 Å². The molecule has 1 aliphatic heterocycles. The average Bonchev–Trinajstić information content (AvgIpc) is 3.01. The van der Waals surface area contributed by atoms with Gasteiger partial charge >= 0.3 is 0 Å². The summed E-state index contributed by atoms with van der Waals surface area (Å²) in [6, 6.07) is 3.91. The predicted molar refractivity (Wildman–Crippen MR) is 82.5 cm³/mol. The Labute approximate surface area is 125 Å². The van der Waals surface area contributed by atoms with Gasteiger partial charge in [0.05, 0.1) is 0 Å². The number of likely N-dealkylation sites (tertiary alicyclic amines) is 1. The summed E-state index contributed by atoms with van der Waals surface area (Å²) in [6.45, 7) is 3.24. The minimum Gasteiger partial charge on any atom is -0.338 e. The maximum absolute atomic E-state index is 12.8. The lowest BCUT2D eigenvalue weighted by Crippen LogP contribution is -2.54. The van der Waals surface area contributed by atoms with Gasteiger partial charge < -0.3 is 10.6 Å². The van der Waals surface area contributed by atoms with Gasteiger partial charge in [0.1, 0.15) is 6.04 Å². The van der Waals surface area contributed by atoms with E-state index in [1.807, 2.05) is 17.5 Å². The molecule has 3 nitrogen and oxygen atoms in total. The molecule has 0 radical (unpaired) electrons. The fourth-order valence-electron chi connectivity index (χ4n) is 3.96. The van der Waals surface area contributed by atoms with Crippen molar-refractivity contribution in [2.45, 2.75) is 51.1 Å². The molecule has 0 spiro atoms. The number of nitrogens with two attached hydrogens (primary N) is 1. The molecule has 1 aliphatic carbocycles. The predicted octanol–water partition coefficient (Wildman–Crippen LogP) is 3.18. The standard InChI is InChI=1S/C16H24N2OS/c1-11-8-9-18(13-6-3-2-5-12(11)13)16(19)15(17)14-7-4-10-20-14/h4,7,10-13,15H,2-3,5-6,8-9,17H2,1H3. The number of thiophene rings is 1. The molecular weight excluding hydrogens is 268 g/mol. The lowest BCUT2D eigenvalue weighted by molar-refractivity contribution is -0.140. The van der Waals surface area contributed by atoms with Crippen LogP contribution in [0.2, 0.25) is 0 Å². The molecule has 110 valence electrons. The van der Waals surface area contributed by atoms with Crippen molar-refractivity contribution in [3.05, 3.63) is 22.4 Å². The first kappa shape index (κ1) is 14.1. The van der Waals surface area contributed by atoms with Gasteiger partial charge in [-0.25, -0.2) is 0 Å². The number of carbonyl (C=O) groups excluding carboxylic acids is 1. The summed E-state index contributed by atoms with van der Waals surface area (Å²) in [5.41, 5.74) is 6.19. The van der Waals surface area contributed by atoms with Gasteiger partial charge in [0.2, 0.25) is 5.91 Å². The van der Waals surface area contributed by atoms with Crippen molar-refractivity contribution in [1.82, 2.24) is 4.90 Å². The SMILES string of the molecule is CC1CCN(C(=O)C(N)c2cccs2)C2CCCCC12. The van der Waals surface area contributed by atoms with Crippen LogP contribution in [0, 0.1) is 11.8 Å². The topological polar surface area (TPSA) is 46.3 Å². The van der Waals surface area contributed by atoms with Gasteiger partial charge in [-0.1, -0.05) is 25.8 Å². The Morgan fingerprint density at radius 1 is 1.40 bits per heavy atom. The molecule has 1 saturated heterocycles. The highest BCUT2D eigenvalue weighted by molar-refractivity contribution is 7.10. The monoisotopic (exact) mass is 292 g/mol. The quantitative estimate of drug-likeness (QED) is 0.910. The second-order valence-electron chi connectivity index (χ2n) is 6.31. The van der Waals surface area contributed by atoms with Crippen LogP contribution < -0.4 is 5.73 Å². The molecule has 0 aromatic carbocycles. The lowest BCUT2D eigenvalue weighted by atomic mass is 9.72. The number of hydrogen-bond donors (Lipinski definition) is 1. The van der Waals surface area contributed by atoms with E-state index in [1.54, 1.807) is 11.3 Å². The first-order valence-electron chi connectivity index (χ1n) is 7.78. The molecule has 2 heterocycles. The van der Waals surface area contributed by atoms with Crippen LogP contribution in [0.5, 0.6) is 0 Å². The minimum absolute atomic E-state index is 0.135. The molecule has 1 amide bonds. The summed E-state index contributed by atoms with van der Waals surface area (Å²) in [5.74, 6) is 1.58. The van der Waals surface area contributed by atoms with Crippen molar-refractivity contribution >= 4 is 17.2 Å². The second-order valence-corrected chi connectivity index (χ2v) is 7.29. The van der Waals surface area contributed by atoms with E-state index in [0.29, 0.717) is 12.0 Å². The maximum Gasteiger partial charge on any atom is 0.245 e. The number of hydrogen-bond acceptors (Lipinski definition) is 3. The molecule has 3 rings (SSSR count). The normalized spacial score (nSPS) is 31.7. The first-order valence-corrected chi connectivity index (χ1v) is 8.66. The number of amides is 1. The molecule has 4 atom stereocenters. The Kier molecular flexibility index (Phi) is 4.13. The third-order valence-corrected chi connectivity index (χ3v) is 6.09. The minimum atomic E-state index is -0.467. The average molecular weight is 292 g/mol. The van der Waals surface area contributed by atoms with Crippen molar-refractivity contribution in [1.29, 1.82) is 0 Å². The van der Waals surface area contributed by atoms with E-state index in [0.717, 1.165) is 30.2 Å². The Hall–Kier alpha value is -0.870. The number of nitrogens with zero attached hydrogens (tertiary/aromatic N) is 1.